The van der Waals surface area contributed by atoms with Gasteiger partial charge >= 0.3 is 5.97 Å². The number of thiocarbonyl (C=S) groups is 1. The second-order valence-electron chi connectivity index (χ2n) is 4.84. The Balaban J connectivity index is 2.22. The van der Waals surface area contributed by atoms with Gasteiger partial charge in [-0.3, -0.25) is 0 Å². The molecule has 132 valence electrons. The summed E-state index contributed by atoms with van der Waals surface area (Å²) in [6.45, 7) is -0.825. The third-order valence-corrected chi connectivity index (χ3v) is 3.93. The van der Waals surface area contributed by atoms with Crippen molar-refractivity contribution in [2.24, 2.45) is 0 Å². The number of carboxylic acid groups (broad SMARTS) is 1. The van der Waals surface area contributed by atoms with E-state index in [2.05, 4.69) is 21.2 Å². The summed E-state index contributed by atoms with van der Waals surface area (Å²) in [5.74, 6) is -4.47. The van der Waals surface area contributed by atoms with E-state index in [0.29, 0.717) is 4.47 Å². The van der Waals surface area contributed by atoms with E-state index in [1.54, 1.807) is 6.07 Å². The molecular formula is C16H11BrF3NO3S. The number of carbonyl (C=O) groups is 1. The zero-order chi connectivity index (χ0) is 18.6. The number of carboxylic acids is 1. The molecule has 0 radical (unpaired) electrons. The standard InChI is InChI=1S/C16H11BrF3NO3S/c17-9-2-1-8(11(19)5-9)6-21-16(25)14-12(24-7-13(22)23)4-3-10(18)15(14)20/h1-5H,6-7H2,(H,21,25)(H,22,23). The monoisotopic (exact) mass is 433 g/mol. The van der Waals surface area contributed by atoms with Gasteiger partial charge in [0, 0.05) is 16.6 Å². The largest absolute Gasteiger partial charge is 0.481 e. The van der Waals surface area contributed by atoms with Crippen LogP contribution in [-0.2, 0) is 11.3 Å². The lowest BCUT2D eigenvalue weighted by Gasteiger charge is -2.14. The predicted molar refractivity (Wildman–Crippen MR) is 92.1 cm³/mol. The molecule has 9 heteroatoms. The van der Waals surface area contributed by atoms with Crippen molar-refractivity contribution in [3.05, 3.63) is 63.4 Å². The summed E-state index contributed by atoms with van der Waals surface area (Å²) in [7, 11) is 0. The van der Waals surface area contributed by atoms with Gasteiger partial charge in [-0.2, -0.15) is 0 Å². The van der Waals surface area contributed by atoms with Gasteiger partial charge in [-0.25, -0.2) is 18.0 Å². The first-order valence-corrected chi connectivity index (χ1v) is 8.04. The van der Waals surface area contributed by atoms with Crippen LogP contribution < -0.4 is 10.1 Å². The highest BCUT2D eigenvalue weighted by molar-refractivity contribution is 9.10. The molecule has 25 heavy (non-hydrogen) atoms. The molecule has 4 nitrogen and oxygen atoms in total. The van der Waals surface area contributed by atoms with E-state index in [1.165, 1.54) is 12.1 Å². The Morgan fingerprint density at radius 3 is 2.56 bits per heavy atom. The van der Waals surface area contributed by atoms with Gasteiger partial charge in [0.05, 0.1) is 5.56 Å². The fourth-order valence-corrected chi connectivity index (χ4v) is 2.53. The molecule has 0 spiro atoms. The molecule has 0 saturated heterocycles. The number of hydrogen-bond donors (Lipinski definition) is 2. The van der Waals surface area contributed by atoms with Crippen LogP contribution in [0, 0.1) is 17.5 Å². The number of halogens is 4. The lowest BCUT2D eigenvalue weighted by molar-refractivity contribution is -0.139. The fraction of sp³-hybridized carbons (Fsp3) is 0.125. The lowest BCUT2D eigenvalue weighted by Crippen LogP contribution is -2.25. The molecule has 0 unspecified atom stereocenters. The Morgan fingerprint density at radius 1 is 1.20 bits per heavy atom. The number of hydrogen-bond acceptors (Lipinski definition) is 3. The zero-order valence-electron chi connectivity index (χ0n) is 12.5. The lowest BCUT2D eigenvalue weighted by atomic mass is 10.1. The van der Waals surface area contributed by atoms with E-state index in [4.69, 9.17) is 22.1 Å². The van der Waals surface area contributed by atoms with Crippen molar-refractivity contribution in [3.63, 3.8) is 0 Å². The second kappa shape index (κ2) is 8.30. The minimum atomic E-state index is -1.29. The van der Waals surface area contributed by atoms with Crippen molar-refractivity contribution in [1.29, 1.82) is 0 Å². The van der Waals surface area contributed by atoms with Gasteiger partial charge < -0.3 is 15.2 Å². The molecule has 0 aliphatic carbocycles. The molecule has 2 N–H and O–H groups in total. The first-order valence-electron chi connectivity index (χ1n) is 6.84. The number of benzene rings is 2. The Kier molecular flexibility index (Phi) is 6.38. The van der Waals surface area contributed by atoms with E-state index in [9.17, 15) is 18.0 Å². The summed E-state index contributed by atoms with van der Waals surface area (Å²) in [5.41, 5.74) is -0.163. The van der Waals surface area contributed by atoms with Gasteiger partial charge in [-0.1, -0.05) is 34.2 Å². The van der Waals surface area contributed by atoms with E-state index in [1.807, 2.05) is 0 Å². The van der Waals surface area contributed by atoms with Gasteiger partial charge in [-0.15, -0.1) is 0 Å². The summed E-state index contributed by atoms with van der Waals surface area (Å²) < 4.78 is 46.9. The number of aliphatic carboxylic acids is 1. The SMILES string of the molecule is O=C(O)COc1ccc(F)c(F)c1C(=S)NCc1ccc(Br)cc1F. The molecule has 2 aromatic rings. The molecule has 0 heterocycles. The highest BCUT2D eigenvalue weighted by Crippen LogP contribution is 2.25. The molecule has 2 aromatic carbocycles. The minimum absolute atomic E-state index is 0.0771. The first kappa shape index (κ1) is 19.2. The number of nitrogens with one attached hydrogen (secondary N) is 1. The van der Waals surface area contributed by atoms with Crippen molar-refractivity contribution in [2.75, 3.05) is 6.61 Å². The van der Waals surface area contributed by atoms with E-state index in [0.717, 1.165) is 12.1 Å². The third-order valence-electron chi connectivity index (χ3n) is 3.09. The molecule has 0 bridgehead atoms. The van der Waals surface area contributed by atoms with Gasteiger partial charge in [0.15, 0.2) is 18.2 Å². The van der Waals surface area contributed by atoms with Crippen LogP contribution in [0.1, 0.15) is 11.1 Å². The van der Waals surface area contributed by atoms with Crippen LogP contribution in [0.5, 0.6) is 5.75 Å². The van der Waals surface area contributed by atoms with Crippen LogP contribution in [0.15, 0.2) is 34.8 Å². The molecule has 0 atom stereocenters. The maximum atomic E-state index is 14.1. The molecule has 0 fully saturated rings. The van der Waals surface area contributed by atoms with Crippen molar-refractivity contribution >= 4 is 39.1 Å². The summed E-state index contributed by atoms with van der Waals surface area (Å²) in [6.07, 6.45) is 0. The third kappa shape index (κ3) is 4.93. The van der Waals surface area contributed by atoms with Crippen molar-refractivity contribution in [2.45, 2.75) is 6.54 Å². The summed E-state index contributed by atoms with van der Waals surface area (Å²) in [6, 6.07) is 6.24. The Bertz CT molecular complexity index is 833. The first-order chi connectivity index (χ1) is 11.8. The Labute approximate surface area is 154 Å². The van der Waals surface area contributed by atoms with E-state index < -0.39 is 35.6 Å². The number of ether oxygens (including phenoxy) is 1. The Morgan fingerprint density at radius 2 is 1.92 bits per heavy atom. The van der Waals surface area contributed by atoms with Crippen LogP contribution in [0.4, 0.5) is 13.2 Å². The van der Waals surface area contributed by atoms with Crippen LogP contribution in [0.25, 0.3) is 0 Å². The van der Waals surface area contributed by atoms with Crippen LogP contribution in [-0.4, -0.2) is 22.7 Å². The van der Waals surface area contributed by atoms with Gasteiger partial charge in [0.25, 0.3) is 0 Å². The van der Waals surface area contributed by atoms with Crippen LogP contribution in [0.3, 0.4) is 0 Å². The van der Waals surface area contributed by atoms with Gasteiger partial charge in [0.1, 0.15) is 16.6 Å². The Hall–Kier alpha value is -2.13. The average Bonchev–Trinajstić information content (AvgIpc) is 2.54. The number of rotatable bonds is 6. The highest BCUT2D eigenvalue weighted by Gasteiger charge is 2.20. The van der Waals surface area contributed by atoms with E-state index in [-0.39, 0.29) is 22.8 Å². The maximum absolute atomic E-state index is 14.1. The molecule has 0 aliphatic rings. The molecule has 2 rings (SSSR count). The second-order valence-corrected chi connectivity index (χ2v) is 6.16. The van der Waals surface area contributed by atoms with E-state index >= 15 is 0 Å². The molecule has 0 aliphatic heterocycles. The van der Waals surface area contributed by atoms with Crippen LogP contribution >= 0.6 is 28.1 Å². The van der Waals surface area contributed by atoms with Crippen LogP contribution in [0.2, 0.25) is 0 Å². The molecule has 0 aromatic heterocycles. The van der Waals surface area contributed by atoms with Gasteiger partial charge in [-0.05, 0) is 24.3 Å². The summed E-state index contributed by atoms with van der Waals surface area (Å²) in [5, 5.41) is 11.3. The minimum Gasteiger partial charge on any atom is -0.481 e. The molecule has 0 amide bonds. The smallest absolute Gasteiger partial charge is 0.341 e. The van der Waals surface area contributed by atoms with Crippen molar-refractivity contribution < 1.29 is 27.8 Å². The summed E-state index contributed by atoms with van der Waals surface area (Å²) >= 11 is 8.15. The molecule has 0 saturated carbocycles. The maximum Gasteiger partial charge on any atom is 0.341 e. The normalized spacial score (nSPS) is 10.4. The van der Waals surface area contributed by atoms with Crippen molar-refractivity contribution in [1.82, 2.24) is 5.32 Å². The topological polar surface area (TPSA) is 58.6 Å². The van der Waals surface area contributed by atoms with Crippen molar-refractivity contribution in [3.8, 4) is 5.75 Å². The highest BCUT2D eigenvalue weighted by atomic mass is 79.9. The quantitative estimate of drug-likeness (QED) is 0.678. The fourth-order valence-electron chi connectivity index (χ4n) is 1.93. The van der Waals surface area contributed by atoms with Gasteiger partial charge in [0.2, 0.25) is 0 Å². The average molecular weight is 434 g/mol. The predicted octanol–water partition coefficient (Wildman–Crippen LogP) is 3.80. The zero-order valence-corrected chi connectivity index (χ0v) is 14.9. The molecular weight excluding hydrogens is 423 g/mol. The summed E-state index contributed by atoms with van der Waals surface area (Å²) in [4.78, 5) is 10.4.